The molecule has 1 saturated heterocycles. The molecule has 2 heterocycles. The van der Waals surface area contributed by atoms with Crippen LogP contribution in [-0.4, -0.2) is 33.2 Å². The van der Waals surface area contributed by atoms with E-state index in [1.54, 1.807) is 0 Å². The third-order valence-corrected chi connectivity index (χ3v) is 4.98. The van der Waals surface area contributed by atoms with Crippen LogP contribution in [0.4, 0.5) is 0 Å². The molecule has 0 radical (unpaired) electrons. The Bertz CT molecular complexity index is 774. The molecule has 0 unspecified atom stereocenters. The first-order valence-corrected chi connectivity index (χ1v) is 9.08. The van der Waals surface area contributed by atoms with Gasteiger partial charge in [0.2, 0.25) is 0 Å². The topological polar surface area (TPSA) is 44.8 Å². The van der Waals surface area contributed by atoms with Gasteiger partial charge in [0.1, 0.15) is 5.82 Å². The number of H-pyrrole nitrogens is 1. The van der Waals surface area contributed by atoms with Crippen molar-refractivity contribution < 1.29 is 0 Å². The number of hydrogen-bond acceptors (Lipinski definition) is 3. The van der Waals surface area contributed by atoms with E-state index in [1.165, 1.54) is 11.1 Å². The molecule has 128 valence electrons. The Morgan fingerprint density at radius 2 is 1.52 bits per heavy atom. The fraction of sp³-hybridized carbons (Fsp3) is 0.333. The minimum atomic E-state index is 0.504. The van der Waals surface area contributed by atoms with E-state index in [2.05, 4.69) is 69.7 Å². The quantitative estimate of drug-likeness (QED) is 0.773. The fourth-order valence-corrected chi connectivity index (χ4v) is 3.56. The molecule has 3 aromatic rings. The van der Waals surface area contributed by atoms with E-state index in [-0.39, 0.29) is 0 Å². The van der Waals surface area contributed by atoms with Crippen molar-refractivity contribution in [2.24, 2.45) is 0 Å². The van der Waals surface area contributed by atoms with E-state index in [0.29, 0.717) is 5.92 Å². The van der Waals surface area contributed by atoms with Gasteiger partial charge in [-0.15, -0.1) is 0 Å². The third-order valence-electron chi connectivity index (χ3n) is 4.98. The van der Waals surface area contributed by atoms with Crippen LogP contribution >= 0.6 is 0 Å². The molecule has 4 rings (SSSR count). The van der Waals surface area contributed by atoms with Gasteiger partial charge in [-0.3, -0.25) is 10.00 Å². The minimum absolute atomic E-state index is 0.504. The molecule has 1 aliphatic heterocycles. The van der Waals surface area contributed by atoms with Gasteiger partial charge in [0.15, 0.2) is 5.82 Å². The highest BCUT2D eigenvalue weighted by Crippen LogP contribution is 2.26. The minimum Gasteiger partial charge on any atom is -0.299 e. The molecule has 0 saturated carbocycles. The van der Waals surface area contributed by atoms with Gasteiger partial charge in [0, 0.05) is 18.9 Å². The van der Waals surface area contributed by atoms with E-state index in [1.807, 2.05) is 6.07 Å². The lowest BCUT2D eigenvalue weighted by atomic mass is 9.96. The molecule has 1 aliphatic rings. The molecular weight excluding hydrogens is 308 g/mol. The van der Waals surface area contributed by atoms with Crippen LogP contribution < -0.4 is 0 Å². The maximum absolute atomic E-state index is 4.75. The first kappa shape index (κ1) is 16.0. The highest BCUT2D eigenvalue weighted by Gasteiger charge is 2.23. The summed E-state index contributed by atoms with van der Waals surface area (Å²) in [6, 6.07) is 21.1. The lowest BCUT2D eigenvalue weighted by Crippen LogP contribution is -2.32. The van der Waals surface area contributed by atoms with Crippen molar-refractivity contribution in [3.8, 4) is 0 Å². The Kier molecular flexibility index (Phi) is 4.89. The van der Waals surface area contributed by atoms with Gasteiger partial charge in [-0.1, -0.05) is 60.7 Å². The van der Waals surface area contributed by atoms with E-state index < -0.39 is 0 Å². The molecule has 1 fully saturated rings. The molecule has 0 aliphatic carbocycles. The van der Waals surface area contributed by atoms with Crippen LogP contribution in [0.15, 0.2) is 60.7 Å². The molecule has 0 bridgehead atoms. The zero-order valence-corrected chi connectivity index (χ0v) is 14.4. The number of likely N-dealkylation sites (tertiary alicyclic amines) is 1. The molecule has 0 atom stereocenters. The summed E-state index contributed by atoms with van der Waals surface area (Å²) < 4.78 is 0. The van der Waals surface area contributed by atoms with E-state index >= 15 is 0 Å². The fourth-order valence-electron chi connectivity index (χ4n) is 3.56. The van der Waals surface area contributed by atoms with Crippen LogP contribution in [-0.2, 0) is 13.0 Å². The number of nitrogens with zero attached hydrogens (tertiary/aromatic N) is 3. The predicted octanol–water partition coefficient (Wildman–Crippen LogP) is 3.78. The molecular formula is C21H24N4. The Hall–Kier alpha value is -2.46. The third kappa shape index (κ3) is 4.15. The summed E-state index contributed by atoms with van der Waals surface area (Å²) >= 11 is 0. The van der Waals surface area contributed by atoms with Gasteiger partial charge in [-0.05, 0) is 37.1 Å². The first-order valence-electron chi connectivity index (χ1n) is 9.08. The average molecular weight is 332 g/mol. The SMILES string of the molecule is c1ccc(Cc2n[nH]c(C3CCN(Cc4ccccc4)CC3)n2)cc1. The summed E-state index contributed by atoms with van der Waals surface area (Å²) in [5, 5.41) is 7.60. The maximum Gasteiger partial charge on any atom is 0.155 e. The van der Waals surface area contributed by atoms with Crippen molar-refractivity contribution in [2.45, 2.75) is 31.7 Å². The zero-order valence-electron chi connectivity index (χ0n) is 14.4. The number of aromatic amines is 1. The zero-order chi connectivity index (χ0) is 16.9. The van der Waals surface area contributed by atoms with Gasteiger partial charge >= 0.3 is 0 Å². The van der Waals surface area contributed by atoms with Gasteiger partial charge in [-0.2, -0.15) is 5.10 Å². The second-order valence-electron chi connectivity index (χ2n) is 6.84. The first-order chi connectivity index (χ1) is 12.4. The smallest absolute Gasteiger partial charge is 0.155 e. The summed E-state index contributed by atoms with van der Waals surface area (Å²) in [7, 11) is 0. The second kappa shape index (κ2) is 7.62. The Balaban J connectivity index is 1.32. The summed E-state index contributed by atoms with van der Waals surface area (Å²) in [6.07, 6.45) is 3.09. The van der Waals surface area contributed by atoms with Crippen molar-refractivity contribution in [1.82, 2.24) is 20.1 Å². The second-order valence-corrected chi connectivity index (χ2v) is 6.84. The molecule has 1 N–H and O–H groups in total. The van der Waals surface area contributed by atoms with Crippen molar-refractivity contribution >= 4 is 0 Å². The van der Waals surface area contributed by atoms with E-state index in [0.717, 1.165) is 50.5 Å². The number of nitrogens with one attached hydrogen (secondary N) is 1. The molecule has 4 heteroatoms. The summed E-state index contributed by atoms with van der Waals surface area (Å²) in [5.74, 6) is 2.46. The van der Waals surface area contributed by atoms with E-state index in [9.17, 15) is 0 Å². The Labute approximate surface area is 148 Å². The van der Waals surface area contributed by atoms with Gasteiger partial charge < -0.3 is 0 Å². The number of piperidine rings is 1. The standard InChI is InChI=1S/C21H24N4/c1-3-7-17(8-4-1)15-20-22-21(24-23-20)19-11-13-25(14-12-19)16-18-9-5-2-6-10-18/h1-10,19H,11-16H2,(H,22,23,24). The van der Waals surface area contributed by atoms with Crippen molar-refractivity contribution in [2.75, 3.05) is 13.1 Å². The summed E-state index contributed by atoms with van der Waals surface area (Å²) in [4.78, 5) is 7.29. The van der Waals surface area contributed by atoms with Crippen LogP contribution in [0.5, 0.6) is 0 Å². The molecule has 0 amide bonds. The maximum atomic E-state index is 4.75. The van der Waals surface area contributed by atoms with Crippen molar-refractivity contribution in [3.63, 3.8) is 0 Å². The molecule has 2 aromatic carbocycles. The van der Waals surface area contributed by atoms with Crippen LogP contribution in [0.25, 0.3) is 0 Å². The highest BCUT2D eigenvalue weighted by molar-refractivity contribution is 5.19. The lowest BCUT2D eigenvalue weighted by Gasteiger charge is -2.30. The van der Waals surface area contributed by atoms with Crippen LogP contribution in [0, 0.1) is 0 Å². The molecule has 1 aromatic heterocycles. The highest BCUT2D eigenvalue weighted by atomic mass is 15.2. The average Bonchev–Trinajstić information content (AvgIpc) is 3.12. The van der Waals surface area contributed by atoms with Gasteiger partial charge in [-0.25, -0.2) is 4.98 Å². The Morgan fingerprint density at radius 1 is 0.880 bits per heavy atom. The molecule has 25 heavy (non-hydrogen) atoms. The van der Waals surface area contributed by atoms with Crippen LogP contribution in [0.2, 0.25) is 0 Å². The number of rotatable bonds is 5. The van der Waals surface area contributed by atoms with Crippen molar-refractivity contribution in [3.05, 3.63) is 83.4 Å². The summed E-state index contributed by atoms with van der Waals surface area (Å²) in [6.45, 7) is 3.28. The molecule has 4 nitrogen and oxygen atoms in total. The monoisotopic (exact) mass is 332 g/mol. The predicted molar refractivity (Wildman–Crippen MR) is 99.3 cm³/mol. The number of aromatic nitrogens is 3. The van der Waals surface area contributed by atoms with Gasteiger partial charge in [0.05, 0.1) is 0 Å². The largest absolute Gasteiger partial charge is 0.299 e. The normalized spacial score (nSPS) is 16.2. The van der Waals surface area contributed by atoms with Gasteiger partial charge in [0.25, 0.3) is 0 Å². The summed E-state index contributed by atoms with van der Waals surface area (Å²) in [5.41, 5.74) is 2.65. The van der Waals surface area contributed by atoms with E-state index in [4.69, 9.17) is 4.98 Å². The Morgan fingerprint density at radius 3 is 2.20 bits per heavy atom. The lowest BCUT2D eigenvalue weighted by molar-refractivity contribution is 0.202. The van der Waals surface area contributed by atoms with Crippen LogP contribution in [0.3, 0.4) is 0 Å². The number of benzene rings is 2. The molecule has 0 spiro atoms. The van der Waals surface area contributed by atoms with Crippen LogP contribution in [0.1, 0.15) is 41.5 Å². The van der Waals surface area contributed by atoms with Crippen molar-refractivity contribution in [1.29, 1.82) is 0 Å². The number of hydrogen-bond donors (Lipinski definition) is 1.